The van der Waals surface area contributed by atoms with Gasteiger partial charge in [0, 0.05) is 21.8 Å². The summed E-state index contributed by atoms with van der Waals surface area (Å²) in [5.74, 6) is 0. The highest BCUT2D eigenvalue weighted by Gasteiger charge is 2.09. The number of nitriles is 2. The highest BCUT2D eigenvalue weighted by Crippen LogP contribution is 2.28. The molecule has 0 aliphatic rings. The van der Waals surface area contributed by atoms with E-state index < -0.39 is 0 Å². The predicted octanol–water partition coefficient (Wildman–Crippen LogP) is 4.09. The third kappa shape index (κ3) is 2.03. The maximum Gasteiger partial charge on any atom is 0.0999 e. The summed E-state index contributed by atoms with van der Waals surface area (Å²) in [6, 6.07) is 15.4. The molecule has 0 amide bonds. The molecule has 0 saturated carbocycles. The second kappa shape index (κ2) is 5.25. The molecule has 0 saturated heterocycles. The number of benzene rings is 2. The molecule has 0 spiro atoms. The van der Waals surface area contributed by atoms with Gasteiger partial charge >= 0.3 is 0 Å². The van der Waals surface area contributed by atoms with E-state index in [-0.39, 0.29) is 0 Å². The summed E-state index contributed by atoms with van der Waals surface area (Å²) in [7, 11) is 0. The minimum Gasteiger partial charge on any atom is -0.354 e. The van der Waals surface area contributed by atoms with Crippen molar-refractivity contribution in [3.05, 3.63) is 47.5 Å². The van der Waals surface area contributed by atoms with E-state index >= 15 is 0 Å². The number of H-pyrrole nitrogens is 1. The second-order valence-electron chi connectivity index (χ2n) is 3.84. The minimum atomic E-state index is 0.501. The highest BCUT2D eigenvalue weighted by molar-refractivity contribution is 6.10. The number of fused-ring (bicyclic) bond motifs is 3. The Labute approximate surface area is 111 Å². The zero-order valence-corrected chi connectivity index (χ0v) is 10.9. The second-order valence-corrected chi connectivity index (χ2v) is 3.84. The number of nitrogens with zero attached hydrogens (tertiary/aromatic N) is 2. The topological polar surface area (TPSA) is 63.4 Å². The highest BCUT2D eigenvalue weighted by atomic mass is 14.7. The summed E-state index contributed by atoms with van der Waals surface area (Å²) < 4.78 is 0. The Morgan fingerprint density at radius 3 is 2.37 bits per heavy atom. The average Bonchev–Trinajstić information content (AvgIpc) is 2.86. The number of hydrogen-bond donors (Lipinski definition) is 1. The fourth-order valence-corrected chi connectivity index (χ4v) is 2.14. The molecule has 3 heteroatoms. The van der Waals surface area contributed by atoms with Gasteiger partial charge in [0.05, 0.1) is 23.3 Å². The molecule has 3 aromatic rings. The summed E-state index contributed by atoms with van der Waals surface area (Å²) >= 11 is 0. The van der Waals surface area contributed by atoms with Crippen LogP contribution < -0.4 is 0 Å². The predicted molar refractivity (Wildman–Crippen MR) is 76.6 cm³/mol. The van der Waals surface area contributed by atoms with Crippen LogP contribution in [0.15, 0.2) is 36.4 Å². The fraction of sp³-hybridized carbons (Fsp3) is 0.125. The van der Waals surface area contributed by atoms with E-state index in [0.29, 0.717) is 11.1 Å². The van der Waals surface area contributed by atoms with Gasteiger partial charge < -0.3 is 4.98 Å². The molecule has 19 heavy (non-hydrogen) atoms. The molecule has 0 bridgehead atoms. The van der Waals surface area contributed by atoms with Crippen LogP contribution in [0.25, 0.3) is 21.8 Å². The lowest BCUT2D eigenvalue weighted by atomic mass is 10.0. The van der Waals surface area contributed by atoms with Gasteiger partial charge in [-0.2, -0.15) is 10.5 Å². The van der Waals surface area contributed by atoms with Gasteiger partial charge in [0.15, 0.2) is 0 Å². The van der Waals surface area contributed by atoms with Crippen LogP contribution in [-0.4, -0.2) is 4.98 Å². The number of rotatable bonds is 0. The number of hydrogen-bond acceptors (Lipinski definition) is 2. The van der Waals surface area contributed by atoms with Gasteiger partial charge in [-0.3, -0.25) is 0 Å². The lowest BCUT2D eigenvalue weighted by Gasteiger charge is -1.95. The van der Waals surface area contributed by atoms with E-state index in [1.54, 1.807) is 12.1 Å². The molecular weight excluding hydrogens is 234 g/mol. The van der Waals surface area contributed by atoms with Crippen molar-refractivity contribution in [2.24, 2.45) is 0 Å². The quantitative estimate of drug-likeness (QED) is 0.650. The third-order valence-electron chi connectivity index (χ3n) is 2.85. The number of aromatic amines is 1. The molecule has 0 radical (unpaired) electrons. The zero-order valence-electron chi connectivity index (χ0n) is 10.9. The van der Waals surface area contributed by atoms with Gasteiger partial charge in [-0.15, -0.1) is 0 Å². The van der Waals surface area contributed by atoms with Gasteiger partial charge in [0.1, 0.15) is 0 Å². The molecule has 3 rings (SSSR count). The van der Waals surface area contributed by atoms with E-state index in [9.17, 15) is 0 Å². The largest absolute Gasteiger partial charge is 0.354 e. The maximum absolute atomic E-state index is 9.16. The first-order valence-corrected chi connectivity index (χ1v) is 6.18. The first kappa shape index (κ1) is 12.7. The van der Waals surface area contributed by atoms with E-state index in [0.717, 1.165) is 21.8 Å². The van der Waals surface area contributed by atoms with Crippen molar-refractivity contribution in [2.75, 3.05) is 0 Å². The van der Waals surface area contributed by atoms with Crippen LogP contribution in [0.3, 0.4) is 0 Å². The molecule has 2 aromatic carbocycles. The summed E-state index contributed by atoms with van der Waals surface area (Å²) in [4.78, 5) is 3.23. The zero-order chi connectivity index (χ0) is 13.8. The van der Waals surface area contributed by atoms with Crippen molar-refractivity contribution in [1.29, 1.82) is 10.5 Å². The summed E-state index contributed by atoms with van der Waals surface area (Å²) in [5.41, 5.74) is 2.85. The van der Waals surface area contributed by atoms with Crippen LogP contribution in [0.4, 0.5) is 0 Å². The summed E-state index contributed by atoms with van der Waals surface area (Å²) in [5, 5.41) is 20.0. The van der Waals surface area contributed by atoms with Gasteiger partial charge in [0.25, 0.3) is 0 Å². The van der Waals surface area contributed by atoms with Crippen LogP contribution in [0, 0.1) is 22.7 Å². The van der Waals surface area contributed by atoms with Crippen LogP contribution >= 0.6 is 0 Å². The van der Waals surface area contributed by atoms with Crippen LogP contribution in [0.2, 0.25) is 0 Å². The molecule has 1 heterocycles. The summed E-state index contributed by atoms with van der Waals surface area (Å²) in [6.07, 6.45) is 0. The Hall–Kier alpha value is -2.78. The van der Waals surface area contributed by atoms with Crippen molar-refractivity contribution < 1.29 is 0 Å². The van der Waals surface area contributed by atoms with Crippen molar-refractivity contribution in [3.8, 4) is 12.1 Å². The number of nitrogens with one attached hydrogen (secondary N) is 1. The fourth-order valence-electron chi connectivity index (χ4n) is 2.14. The Bertz CT molecular complexity index is 813. The van der Waals surface area contributed by atoms with Crippen molar-refractivity contribution in [1.82, 2.24) is 4.98 Å². The molecule has 0 atom stereocenters. The minimum absolute atomic E-state index is 0.501. The third-order valence-corrected chi connectivity index (χ3v) is 2.85. The van der Waals surface area contributed by atoms with E-state index in [4.69, 9.17) is 10.5 Å². The normalized spacial score (nSPS) is 9.47. The molecule has 0 fully saturated rings. The Kier molecular flexibility index (Phi) is 3.50. The van der Waals surface area contributed by atoms with Crippen molar-refractivity contribution >= 4 is 21.8 Å². The average molecular weight is 247 g/mol. The van der Waals surface area contributed by atoms with Crippen LogP contribution in [0.1, 0.15) is 25.0 Å². The first-order valence-electron chi connectivity index (χ1n) is 6.18. The van der Waals surface area contributed by atoms with Gasteiger partial charge in [0.2, 0.25) is 0 Å². The van der Waals surface area contributed by atoms with E-state index in [1.165, 1.54) is 0 Å². The SMILES string of the molecule is CC.N#Cc1cc(C#N)c2c(c1)[nH]c1ccccc12. The van der Waals surface area contributed by atoms with Crippen molar-refractivity contribution in [3.63, 3.8) is 0 Å². The number of aromatic nitrogens is 1. The first-order chi connectivity index (χ1) is 9.33. The molecule has 1 N–H and O–H groups in total. The van der Waals surface area contributed by atoms with E-state index in [1.807, 2.05) is 38.1 Å². The molecule has 92 valence electrons. The smallest absolute Gasteiger partial charge is 0.0999 e. The standard InChI is InChI=1S/C14H7N3.C2H6/c15-7-9-5-10(8-16)14-11-3-1-2-4-12(11)17-13(14)6-9;1-2/h1-6,17H;1-2H3. The molecule has 1 aromatic heterocycles. The Balaban J connectivity index is 0.000000637. The summed E-state index contributed by atoms with van der Waals surface area (Å²) in [6.45, 7) is 4.00. The van der Waals surface area contributed by atoms with Crippen LogP contribution in [-0.2, 0) is 0 Å². The van der Waals surface area contributed by atoms with Gasteiger partial charge in [-0.25, -0.2) is 0 Å². The van der Waals surface area contributed by atoms with E-state index in [2.05, 4.69) is 17.1 Å². The Morgan fingerprint density at radius 1 is 0.947 bits per heavy atom. The lowest BCUT2D eigenvalue weighted by Crippen LogP contribution is -1.81. The van der Waals surface area contributed by atoms with Crippen molar-refractivity contribution in [2.45, 2.75) is 13.8 Å². The molecule has 0 unspecified atom stereocenters. The van der Waals surface area contributed by atoms with Gasteiger partial charge in [-0.1, -0.05) is 32.0 Å². The maximum atomic E-state index is 9.16. The lowest BCUT2D eigenvalue weighted by molar-refractivity contribution is 1.46. The van der Waals surface area contributed by atoms with Gasteiger partial charge in [-0.05, 0) is 18.2 Å². The number of para-hydroxylation sites is 1. The Morgan fingerprint density at radius 2 is 1.68 bits per heavy atom. The molecule has 0 aliphatic carbocycles. The molecular formula is C16H13N3. The molecule has 0 aliphatic heterocycles. The van der Waals surface area contributed by atoms with Crippen LogP contribution in [0.5, 0.6) is 0 Å². The molecule has 3 nitrogen and oxygen atoms in total. The monoisotopic (exact) mass is 247 g/mol.